The standard InChI is InChI=1S/C20H23ClN4O/c21-17-6-2-1-5-14(17)11-20(26)24-16-9-15(10-16)18-12-19(23-13-22-18)25-7-3-4-8-25/h1-2,5-6,12-13,15-16H,3-4,7-11H2,(H,24,26). The SMILES string of the molecule is O=C(Cc1ccccc1Cl)NC1CC(c2cc(N3CCCC3)ncn2)C1. The predicted molar refractivity (Wildman–Crippen MR) is 103 cm³/mol. The molecule has 4 rings (SSSR count). The van der Waals surface area contributed by atoms with Crippen molar-refractivity contribution in [3.05, 3.63) is 52.9 Å². The van der Waals surface area contributed by atoms with Crippen molar-refractivity contribution in [1.29, 1.82) is 0 Å². The van der Waals surface area contributed by atoms with E-state index in [0.717, 1.165) is 43.0 Å². The third-order valence-electron chi connectivity index (χ3n) is 5.33. The van der Waals surface area contributed by atoms with Crippen molar-refractivity contribution >= 4 is 23.3 Å². The summed E-state index contributed by atoms with van der Waals surface area (Å²) >= 11 is 6.13. The summed E-state index contributed by atoms with van der Waals surface area (Å²) in [6, 6.07) is 9.83. The number of carbonyl (C=O) groups excluding carboxylic acids is 1. The molecule has 26 heavy (non-hydrogen) atoms. The minimum absolute atomic E-state index is 0.0296. The number of halogens is 1. The van der Waals surface area contributed by atoms with Gasteiger partial charge in [-0.2, -0.15) is 0 Å². The number of anilines is 1. The number of benzene rings is 1. The summed E-state index contributed by atoms with van der Waals surface area (Å²) in [6.45, 7) is 2.17. The summed E-state index contributed by atoms with van der Waals surface area (Å²) in [5.74, 6) is 1.48. The van der Waals surface area contributed by atoms with E-state index in [9.17, 15) is 4.79 Å². The molecule has 1 aromatic heterocycles. The molecule has 1 amide bonds. The molecular formula is C20H23ClN4O. The lowest BCUT2D eigenvalue weighted by Gasteiger charge is -2.35. The van der Waals surface area contributed by atoms with Crippen LogP contribution in [0.1, 0.15) is 42.9 Å². The summed E-state index contributed by atoms with van der Waals surface area (Å²) in [7, 11) is 0. The molecule has 1 saturated carbocycles. The van der Waals surface area contributed by atoms with Gasteiger partial charge in [0.25, 0.3) is 0 Å². The van der Waals surface area contributed by atoms with Gasteiger partial charge in [-0.05, 0) is 37.3 Å². The van der Waals surface area contributed by atoms with Crippen LogP contribution < -0.4 is 10.2 Å². The zero-order valence-electron chi connectivity index (χ0n) is 14.7. The number of amides is 1. The highest BCUT2D eigenvalue weighted by atomic mass is 35.5. The van der Waals surface area contributed by atoms with Gasteiger partial charge in [-0.15, -0.1) is 0 Å². The molecule has 136 valence electrons. The van der Waals surface area contributed by atoms with Crippen LogP contribution in [0.4, 0.5) is 5.82 Å². The van der Waals surface area contributed by atoms with Gasteiger partial charge in [0.15, 0.2) is 0 Å². The Hall–Kier alpha value is -2.14. The molecular weight excluding hydrogens is 348 g/mol. The van der Waals surface area contributed by atoms with Crippen LogP contribution in [-0.2, 0) is 11.2 Å². The van der Waals surface area contributed by atoms with Gasteiger partial charge in [-0.25, -0.2) is 9.97 Å². The van der Waals surface area contributed by atoms with Crippen LogP contribution >= 0.6 is 11.6 Å². The predicted octanol–water partition coefficient (Wildman–Crippen LogP) is 3.34. The zero-order chi connectivity index (χ0) is 17.9. The van der Waals surface area contributed by atoms with Crippen LogP contribution in [-0.4, -0.2) is 35.0 Å². The average molecular weight is 371 g/mol. The Morgan fingerprint density at radius 1 is 1.19 bits per heavy atom. The third kappa shape index (κ3) is 3.83. The lowest BCUT2D eigenvalue weighted by molar-refractivity contribution is -0.121. The van der Waals surface area contributed by atoms with Crippen molar-refractivity contribution in [1.82, 2.24) is 15.3 Å². The Bertz CT molecular complexity index is 785. The first-order chi connectivity index (χ1) is 12.7. The number of nitrogens with zero attached hydrogens (tertiary/aromatic N) is 3. The van der Waals surface area contributed by atoms with Gasteiger partial charge < -0.3 is 10.2 Å². The van der Waals surface area contributed by atoms with E-state index in [2.05, 4.69) is 26.3 Å². The van der Waals surface area contributed by atoms with E-state index in [4.69, 9.17) is 11.6 Å². The minimum Gasteiger partial charge on any atom is -0.357 e. The summed E-state index contributed by atoms with van der Waals surface area (Å²) in [5, 5.41) is 3.75. The molecule has 0 spiro atoms. The summed E-state index contributed by atoms with van der Waals surface area (Å²) in [5.41, 5.74) is 1.96. The molecule has 0 radical (unpaired) electrons. The Kier molecular flexibility index (Phi) is 5.07. The van der Waals surface area contributed by atoms with Crippen LogP contribution in [0.2, 0.25) is 5.02 Å². The lowest BCUT2D eigenvalue weighted by Crippen LogP contribution is -2.44. The molecule has 6 heteroatoms. The quantitative estimate of drug-likeness (QED) is 0.877. The van der Waals surface area contributed by atoms with E-state index < -0.39 is 0 Å². The molecule has 1 aliphatic heterocycles. The van der Waals surface area contributed by atoms with E-state index in [1.54, 1.807) is 6.33 Å². The second kappa shape index (κ2) is 7.62. The highest BCUT2D eigenvalue weighted by Gasteiger charge is 2.33. The molecule has 0 unspecified atom stereocenters. The van der Waals surface area contributed by atoms with Crippen LogP contribution in [0.25, 0.3) is 0 Å². The summed E-state index contributed by atoms with van der Waals surface area (Å²) in [4.78, 5) is 23.4. The maximum atomic E-state index is 12.2. The molecule has 1 N–H and O–H groups in total. The van der Waals surface area contributed by atoms with Crippen molar-refractivity contribution in [3.8, 4) is 0 Å². The maximum Gasteiger partial charge on any atom is 0.224 e. The van der Waals surface area contributed by atoms with E-state index in [1.165, 1.54) is 12.8 Å². The average Bonchev–Trinajstić information content (AvgIpc) is 3.15. The Balaban J connectivity index is 1.29. The Morgan fingerprint density at radius 3 is 2.73 bits per heavy atom. The second-order valence-corrected chi connectivity index (χ2v) is 7.60. The molecule has 1 saturated heterocycles. The first-order valence-electron chi connectivity index (χ1n) is 9.28. The Labute approximate surface area is 158 Å². The van der Waals surface area contributed by atoms with Gasteiger partial charge in [0, 0.05) is 41.8 Å². The topological polar surface area (TPSA) is 58.1 Å². The van der Waals surface area contributed by atoms with Crippen molar-refractivity contribution in [2.75, 3.05) is 18.0 Å². The van der Waals surface area contributed by atoms with E-state index >= 15 is 0 Å². The fraction of sp³-hybridized carbons (Fsp3) is 0.450. The number of rotatable bonds is 5. The number of hydrogen-bond donors (Lipinski definition) is 1. The molecule has 2 fully saturated rings. The Morgan fingerprint density at radius 2 is 1.96 bits per heavy atom. The van der Waals surface area contributed by atoms with Gasteiger partial charge >= 0.3 is 0 Å². The van der Waals surface area contributed by atoms with Crippen LogP contribution in [0.15, 0.2) is 36.7 Å². The first kappa shape index (κ1) is 17.3. The molecule has 5 nitrogen and oxygen atoms in total. The number of nitrogens with one attached hydrogen (secondary N) is 1. The van der Waals surface area contributed by atoms with E-state index in [0.29, 0.717) is 17.4 Å². The summed E-state index contributed by atoms with van der Waals surface area (Å²) in [6.07, 6.45) is 6.35. The number of carbonyl (C=O) groups is 1. The maximum absolute atomic E-state index is 12.2. The van der Waals surface area contributed by atoms with Gasteiger partial charge in [0.05, 0.1) is 6.42 Å². The first-order valence-corrected chi connectivity index (χ1v) is 9.66. The molecule has 2 heterocycles. The van der Waals surface area contributed by atoms with Crippen LogP contribution in [0, 0.1) is 0 Å². The van der Waals surface area contributed by atoms with Gasteiger partial charge in [-0.3, -0.25) is 4.79 Å². The van der Waals surface area contributed by atoms with Crippen molar-refractivity contribution in [2.45, 2.75) is 44.1 Å². The van der Waals surface area contributed by atoms with Crippen LogP contribution in [0.3, 0.4) is 0 Å². The fourth-order valence-corrected chi connectivity index (χ4v) is 3.98. The molecule has 0 atom stereocenters. The van der Waals surface area contributed by atoms with Crippen molar-refractivity contribution in [3.63, 3.8) is 0 Å². The largest absolute Gasteiger partial charge is 0.357 e. The highest BCUT2D eigenvalue weighted by molar-refractivity contribution is 6.31. The minimum atomic E-state index is 0.0296. The zero-order valence-corrected chi connectivity index (χ0v) is 15.5. The normalized spacial score (nSPS) is 22.1. The summed E-state index contributed by atoms with van der Waals surface area (Å²) < 4.78 is 0. The molecule has 0 bridgehead atoms. The smallest absolute Gasteiger partial charge is 0.224 e. The van der Waals surface area contributed by atoms with E-state index in [1.807, 2.05) is 24.3 Å². The molecule has 1 aromatic carbocycles. The second-order valence-electron chi connectivity index (χ2n) is 7.20. The van der Waals surface area contributed by atoms with Crippen molar-refractivity contribution in [2.24, 2.45) is 0 Å². The van der Waals surface area contributed by atoms with Gasteiger partial charge in [-0.1, -0.05) is 29.8 Å². The molecule has 2 aromatic rings. The van der Waals surface area contributed by atoms with Crippen molar-refractivity contribution < 1.29 is 4.79 Å². The fourth-order valence-electron chi connectivity index (χ4n) is 3.77. The van der Waals surface area contributed by atoms with E-state index in [-0.39, 0.29) is 11.9 Å². The monoisotopic (exact) mass is 370 g/mol. The third-order valence-corrected chi connectivity index (χ3v) is 5.70. The van der Waals surface area contributed by atoms with Crippen LogP contribution in [0.5, 0.6) is 0 Å². The van der Waals surface area contributed by atoms with Gasteiger partial charge in [0.2, 0.25) is 5.91 Å². The number of hydrogen-bond acceptors (Lipinski definition) is 4. The van der Waals surface area contributed by atoms with Gasteiger partial charge in [0.1, 0.15) is 12.1 Å². The molecule has 2 aliphatic rings. The highest BCUT2D eigenvalue weighted by Crippen LogP contribution is 2.36. The lowest BCUT2D eigenvalue weighted by atomic mass is 9.78. The number of aromatic nitrogens is 2. The molecule has 1 aliphatic carbocycles.